The van der Waals surface area contributed by atoms with E-state index in [-0.39, 0.29) is 11.1 Å². The molecular formula is C20H15NO3. The second-order valence-corrected chi connectivity index (χ2v) is 5.25. The molecule has 0 aliphatic rings. The highest BCUT2D eigenvalue weighted by Gasteiger charge is 2.17. The Morgan fingerprint density at radius 2 is 1.33 bits per heavy atom. The summed E-state index contributed by atoms with van der Waals surface area (Å²) in [6.07, 6.45) is 0. The molecule has 1 amide bonds. The highest BCUT2D eigenvalue weighted by Crippen LogP contribution is 2.23. The van der Waals surface area contributed by atoms with E-state index in [1.54, 1.807) is 36.4 Å². The van der Waals surface area contributed by atoms with Crippen molar-refractivity contribution in [3.05, 3.63) is 90.0 Å². The van der Waals surface area contributed by atoms with Gasteiger partial charge in [0, 0.05) is 5.69 Å². The predicted molar refractivity (Wildman–Crippen MR) is 93.2 cm³/mol. The van der Waals surface area contributed by atoms with Crippen molar-refractivity contribution in [2.45, 2.75) is 0 Å². The van der Waals surface area contributed by atoms with E-state index >= 15 is 0 Å². The Labute approximate surface area is 139 Å². The average molecular weight is 317 g/mol. The van der Waals surface area contributed by atoms with Crippen LogP contribution in [0.25, 0.3) is 11.1 Å². The normalized spacial score (nSPS) is 10.2. The number of carboxylic acids is 1. The third kappa shape index (κ3) is 3.33. The Morgan fingerprint density at radius 3 is 1.96 bits per heavy atom. The van der Waals surface area contributed by atoms with Crippen molar-refractivity contribution in [3.8, 4) is 11.1 Å². The molecule has 0 fully saturated rings. The average Bonchev–Trinajstić information content (AvgIpc) is 2.62. The Balaban J connectivity index is 1.96. The number of hydrogen-bond donors (Lipinski definition) is 2. The van der Waals surface area contributed by atoms with Crippen LogP contribution in [0.2, 0.25) is 0 Å². The lowest BCUT2D eigenvalue weighted by molar-refractivity contribution is 0.0692. The van der Waals surface area contributed by atoms with Gasteiger partial charge in [-0.15, -0.1) is 0 Å². The molecule has 0 saturated carbocycles. The van der Waals surface area contributed by atoms with Gasteiger partial charge in [0.15, 0.2) is 0 Å². The first-order valence-corrected chi connectivity index (χ1v) is 7.44. The molecule has 3 aromatic rings. The standard InChI is InChI=1S/C20H15NO3/c22-19(21-16-9-5-2-6-10-16)17-12-11-15(13-18(17)20(23)24)14-7-3-1-4-8-14/h1-13H,(H,21,22)(H,23,24). The SMILES string of the molecule is O=C(O)c1cc(-c2ccccc2)ccc1C(=O)Nc1ccccc1. The maximum absolute atomic E-state index is 12.4. The number of benzene rings is 3. The monoisotopic (exact) mass is 317 g/mol. The number of aromatic carboxylic acids is 1. The molecule has 0 atom stereocenters. The van der Waals surface area contributed by atoms with E-state index in [0.29, 0.717) is 5.69 Å². The minimum atomic E-state index is -1.13. The van der Waals surface area contributed by atoms with Crippen molar-refractivity contribution < 1.29 is 14.7 Å². The van der Waals surface area contributed by atoms with Gasteiger partial charge in [-0.3, -0.25) is 4.79 Å². The van der Waals surface area contributed by atoms with E-state index in [1.165, 1.54) is 6.07 Å². The van der Waals surface area contributed by atoms with Crippen LogP contribution in [0.5, 0.6) is 0 Å². The van der Waals surface area contributed by atoms with Crippen molar-refractivity contribution >= 4 is 17.6 Å². The van der Waals surface area contributed by atoms with Gasteiger partial charge in [0.1, 0.15) is 0 Å². The van der Waals surface area contributed by atoms with Crippen molar-refractivity contribution in [1.82, 2.24) is 0 Å². The number of hydrogen-bond acceptors (Lipinski definition) is 2. The summed E-state index contributed by atoms with van der Waals surface area (Å²) in [5.41, 5.74) is 2.38. The Bertz CT molecular complexity index is 874. The number of carbonyl (C=O) groups is 2. The van der Waals surface area contributed by atoms with E-state index in [0.717, 1.165) is 11.1 Å². The van der Waals surface area contributed by atoms with Crippen LogP contribution in [0.1, 0.15) is 20.7 Å². The van der Waals surface area contributed by atoms with Crippen molar-refractivity contribution in [2.24, 2.45) is 0 Å². The lowest BCUT2D eigenvalue weighted by Crippen LogP contribution is -2.16. The zero-order chi connectivity index (χ0) is 16.9. The predicted octanol–water partition coefficient (Wildman–Crippen LogP) is 4.30. The molecule has 0 spiro atoms. The van der Waals surface area contributed by atoms with Crippen LogP contribution < -0.4 is 5.32 Å². The van der Waals surface area contributed by atoms with E-state index in [4.69, 9.17) is 0 Å². The van der Waals surface area contributed by atoms with Gasteiger partial charge < -0.3 is 10.4 Å². The highest BCUT2D eigenvalue weighted by molar-refractivity contribution is 6.11. The molecule has 0 unspecified atom stereocenters. The van der Waals surface area contributed by atoms with Crippen LogP contribution >= 0.6 is 0 Å². The van der Waals surface area contributed by atoms with Crippen LogP contribution in [-0.4, -0.2) is 17.0 Å². The topological polar surface area (TPSA) is 66.4 Å². The Hall–Kier alpha value is -3.40. The fourth-order valence-corrected chi connectivity index (χ4v) is 2.45. The van der Waals surface area contributed by atoms with Crippen LogP contribution in [0.4, 0.5) is 5.69 Å². The van der Waals surface area contributed by atoms with Crippen LogP contribution in [-0.2, 0) is 0 Å². The van der Waals surface area contributed by atoms with Crippen molar-refractivity contribution in [3.63, 3.8) is 0 Å². The molecular weight excluding hydrogens is 302 g/mol. The van der Waals surface area contributed by atoms with Gasteiger partial charge in [0.05, 0.1) is 11.1 Å². The molecule has 3 rings (SSSR count). The molecule has 4 heteroatoms. The summed E-state index contributed by atoms with van der Waals surface area (Å²) in [4.78, 5) is 24.0. The largest absolute Gasteiger partial charge is 0.478 e. The lowest BCUT2D eigenvalue weighted by atomic mass is 9.98. The highest BCUT2D eigenvalue weighted by atomic mass is 16.4. The maximum atomic E-state index is 12.4. The zero-order valence-electron chi connectivity index (χ0n) is 12.8. The van der Waals surface area contributed by atoms with Gasteiger partial charge in [0.2, 0.25) is 0 Å². The molecule has 0 saturated heterocycles. The molecule has 0 bridgehead atoms. The molecule has 0 heterocycles. The molecule has 3 aromatic carbocycles. The first kappa shape index (κ1) is 15.5. The van der Waals surface area contributed by atoms with Gasteiger partial charge in [-0.2, -0.15) is 0 Å². The molecule has 24 heavy (non-hydrogen) atoms. The Kier molecular flexibility index (Phi) is 4.38. The van der Waals surface area contributed by atoms with Gasteiger partial charge in [-0.25, -0.2) is 4.79 Å². The quantitative estimate of drug-likeness (QED) is 0.754. The van der Waals surface area contributed by atoms with Gasteiger partial charge in [-0.05, 0) is 35.4 Å². The number of para-hydroxylation sites is 1. The van der Waals surface area contributed by atoms with E-state index in [9.17, 15) is 14.7 Å². The first-order valence-electron chi connectivity index (χ1n) is 7.44. The molecule has 0 radical (unpaired) electrons. The maximum Gasteiger partial charge on any atom is 0.336 e. The third-order valence-corrected chi connectivity index (χ3v) is 3.63. The van der Waals surface area contributed by atoms with Gasteiger partial charge in [-0.1, -0.05) is 54.6 Å². The second-order valence-electron chi connectivity index (χ2n) is 5.25. The van der Waals surface area contributed by atoms with E-state index < -0.39 is 11.9 Å². The summed E-state index contributed by atoms with van der Waals surface area (Å²) in [5, 5.41) is 12.2. The molecule has 0 aliphatic carbocycles. The summed E-state index contributed by atoms with van der Waals surface area (Å²) >= 11 is 0. The zero-order valence-corrected chi connectivity index (χ0v) is 12.8. The lowest BCUT2D eigenvalue weighted by Gasteiger charge is -2.10. The number of carboxylic acid groups (broad SMARTS) is 1. The Morgan fingerprint density at radius 1 is 0.708 bits per heavy atom. The number of rotatable bonds is 4. The summed E-state index contributed by atoms with van der Waals surface area (Å²) in [7, 11) is 0. The van der Waals surface area contributed by atoms with E-state index in [2.05, 4.69) is 5.32 Å². The first-order chi connectivity index (χ1) is 11.6. The molecule has 0 aliphatic heterocycles. The second kappa shape index (κ2) is 6.79. The van der Waals surface area contributed by atoms with Crippen molar-refractivity contribution in [1.29, 1.82) is 0 Å². The summed E-state index contributed by atoms with van der Waals surface area (Å²) < 4.78 is 0. The molecule has 4 nitrogen and oxygen atoms in total. The third-order valence-electron chi connectivity index (χ3n) is 3.63. The minimum absolute atomic E-state index is 0.0233. The minimum Gasteiger partial charge on any atom is -0.478 e. The summed E-state index contributed by atoms with van der Waals surface area (Å²) in [5.74, 6) is -1.58. The number of amides is 1. The van der Waals surface area contributed by atoms with Gasteiger partial charge in [0.25, 0.3) is 5.91 Å². The smallest absolute Gasteiger partial charge is 0.336 e. The van der Waals surface area contributed by atoms with Crippen LogP contribution in [0.15, 0.2) is 78.9 Å². The molecule has 2 N–H and O–H groups in total. The fourth-order valence-electron chi connectivity index (χ4n) is 2.45. The van der Waals surface area contributed by atoms with Crippen molar-refractivity contribution in [2.75, 3.05) is 5.32 Å². The van der Waals surface area contributed by atoms with Gasteiger partial charge >= 0.3 is 5.97 Å². The van der Waals surface area contributed by atoms with E-state index in [1.807, 2.05) is 36.4 Å². The summed E-state index contributed by atoms with van der Waals surface area (Å²) in [6.45, 7) is 0. The number of nitrogens with one attached hydrogen (secondary N) is 1. The molecule has 118 valence electrons. The number of anilines is 1. The molecule has 0 aromatic heterocycles. The summed E-state index contributed by atoms with van der Waals surface area (Å²) in [6, 6.07) is 23.2. The fraction of sp³-hybridized carbons (Fsp3) is 0. The van der Waals surface area contributed by atoms with Crippen LogP contribution in [0, 0.1) is 0 Å². The van der Waals surface area contributed by atoms with Crippen LogP contribution in [0.3, 0.4) is 0 Å². The number of carbonyl (C=O) groups excluding carboxylic acids is 1.